The molecule has 2 fully saturated rings. The number of likely N-dealkylation sites (tertiary alicyclic amines) is 1. The van der Waals surface area contributed by atoms with Gasteiger partial charge in [-0.1, -0.05) is 12.1 Å². The van der Waals surface area contributed by atoms with Gasteiger partial charge in [-0.2, -0.15) is 13.2 Å². The van der Waals surface area contributed by atoms with Crippen LogP contribution in [0.5, 0.6) is 0 Å². The van der Waals surface area contributed by atoms with Gasteiger partial charge in [-0.25, -0.2) is 0 Å². The van der Waals surface area contributed by atoms with Crippen molar-refractivity contribution in [3.05, 3.63) is 52.2 Å². The first kappa shape index (κ1) is 21.9. The highest BCUT2D eigenvalue weighted by Gasteiger charge is 2.39. The quantitative estimate of drug-likeness (QED) is 0.608. The number of rotatable bonds is 5. The number of halogens is 3. The molecule has 31 heavy (non-hydrogen) atoms. The first-order valence-corrected chi connectivity index (χ1v) is 11.5. The lowest BCUT2D eigenvalue weighted by molar-refractivity contribution is -0.137. The fourth-order valence-electron chi connectivity index (χ4n) is 4.27. The highest BCUT2D eigenvalue weighted by Crippen LogP contribution is 2.39. The minimum atomic E-state index is -4.46. The highest BCUT2D eigenvalue weighted by molar-refractivity contribution is 7.12. The lowest BCUT2D eigenvalue weighted by Crippen LogP contribution is -2.47. The molecule has 0 bridgehead atoms. The monoisotopic (exact) mass is 450 g/mol. The molecule has 1 aromatic heterocycles. The maximum absolute atomic E-state index is 13.5. The Kier molecular flexibility index (Phi) is 6.10. The minimum absolute atomic E-state index is 0.0259. The number of thiophene rings is 1. The minimum Gasteiger partial charge on any atom is -0.338 e. The zero-order chi connectivity index (χ0) is 22.2. The van der Waals surface area contributed by atoms with E-state index in [1.54, 1.807) is 21.9 Å². The number of anilines is 1. The maximum atomic E-state index is 13.5. The van der Waals surface area contributed by atoms with Crippen molar-refractivity contribution in [1.82, 2.24) is 4.90 Å². The molecule has 2 heterocycles. The molecule has 0 N–H and O–H groups in total. The molecule has 1 saturated heterocycles. The normalized spacial score (nSPS) is 18.6. The molecule has 1 atom stereocenters. The summed E-state index contributed by atoms with van der Waals surface area (Å²) in [4.78, 5) is 30.1. The summed E-state index contributed by atoms with van der Waals surface area (Å²) in [6, 6.07) is 8.52. The van der Waals surface area contributed by atoms with E-state index in [-0.39, 0.29) is 23.8 Å². The highest BCUT2D eigenvalue weighted by atomic mass is 32.1. The van der Waals surface area contributed by atoms with Gasteiger partial charge in [-0.3, -0.25) is 9.59 Å². The van der Waals surface area contributed by atoms with Gasteiger partial charge in [0, 0.05) is 30.7 Å². The number of carbonyl (C=O) groups excluding carboxylic acids is 2. The Balaban J connectivity index is 1.50. The molecule has 1 aliphatic heterocycles. The molecule has 166 valence electrons. The fourth-order valence-corrected chi connectivity index (χ4v) is 4.96. The Hall–Kier alpha value is -2.35. The number of nitrogens with zero attached hydrogens (tertiary/aromatic N) is 2. The van der Waals surface area contributed by atoms with Gasteiger partial charge in [0.05, 0.1) is 10.4 Å². The Morgan fingerprint density at radius 1 is 1.10 bits per heavy atom. The number of carbonyl (C=O) groups is 2. The summed E-state index contributed by atoms with van der Waals surface area (Å²) in [6.45, 7) is 2.87. The molecule has 4 nitrogen and oxygen atoms in total. The Morgan fingerprint density at radius 2 is 1.81 bits per heavy atom. The summed E-state index contributed by atoms with van der Waals surface area (Å²) in [5.41, 5.74) is -0.446. The van der Waals surface area contributed by atoms with Crippen LogP contribution in [0.25, 0.3) is 0 Å². The molecule has 2 aliphatic rings. The van der Waals surface area contributed by atoms with Crippen molar-refractivity contribution < 1.29 is 22.8 Å². The van der Waals surface area contributed by atoms with Crippen molar-refractivity contribution in [3.8, 4) is 0 Å². The van der Waals surface area contributed by atoms with E-state index in [2.05, 4.69) is 0 Å². The van der Waals surface area contributed by atoms with Gasteiger partial charge in [0.2, 0.25) is 5.91 Å². The molecule has 2 aromatic rings. The third-order valence-electron chi connectivity index (χ3n) is 6.26. The average molecular weight is 451 g/mol. The van der Waals surface area contributed by atoms with Gasteiger partial charge in [0.1, 0.15) is 0 Å². The van der Waals surface area contributed by atoms with Gasteiger partial charge in [-0.05, 0) is 68.2 Å². The van der Waals surface area contributed by atoms with Crippen molar-refractivity contribution in [1.29, 1.82) is 0 Å². The fraction of sp³-hybridized carbons (Fsp3) is 0.478. The number of hydrogen-bond acceptors (Lipinski definition) is 3. The Bertz CT molecular complexity index is 933. The van der Waals surface area contributed by atoms with Crippen LogP contribution in [0.1, 0.15) is 47.8 Å². The summed E-state index contributed by atoms with van der Waals surface area (Å²) < 4.78 is 39.8. The first-order valence-electron chi connectivity index (χ1n) is 10.6. The number of benzene rings is 1. The smallest absolute Gasteiger partial charge is 0.338 e. The van der Waals surface area contributed by atoms with Crippen LogP contribution in [0.2, 0.25) is 0 Å². The van der Waals surface area contributed by atoms with Crippen molar-refractivity contribution in [2.75, 3.05) is 18.0 Å². The van der Waals surface area contributed by atoms with E-state index < -0.39 is 11.7 Å². The number of piperidine rings is 1. The van der Waals surface area contributed by atoms with Crippen LogP contribution in [-0.2, 0) is 11.0 Å². The van der Waals surface area contributed by atoms with Crippen molar-refractivity contribution in [3.63, 3.8) is 0 Å². The number of alkyl halides is 3. The van der Waals surface area contributed by atoms with E-state index in [0.29, 0.717) is 42.4 Å². The predicted octanol–water partition coefficient (Wildman–Crippen LogP) is 5.45. The number of amides is 2. The van der Waals surface area contributed by atoms with Crippen LogP contribution in [0.15, 0.2) is 41.8 Å². The Labute approximate surface area is 183 Å². The molecule has 0 spiro atoms. The second-order valence-corrected chi connectivity index (χ2v) is 9.33. The molecule has 2 amide bonds. The molecule has 8 heteroatoms. The maximum Gasteiger partial charge on any atom is 0.416 e. The van der Waals surface area contributed by atoms with Crippen molar-refractivity contribution in [2.45, 2.75) is 44.8 Å². The van der Waals surface area contributed by atoms with Gasteiger partial charge in [-0.15, -0.1) is 11.3 Å². The van der Waals surface area contributed by atoms with Crippen LogP contribution in [0.3, 0.4) is 0 Å². The van der Waals surface area contributed by atoms with E-state index in [9.17, 15) is 22.8 Å². The summed E-state index contributed by atoms with van der Waals surface area (Å²) in [6.07, 6.45) is -1.46. The van der Waals surface area contributed by atoms with E-state index >= 15 is 0 Å². The van der Waals surface area contributed by atoms with Gasteiger partial charge >= 0.3 is 6.18 Å². The third kappa shape index (κ3) is 4.79. The zero-order valence-corrected chi connectivity index (χ0v) is 18.1. The van der Waals surface area contributed by atoms with Crippen LogP contribution in [-0.4, -0.2) is 35.8 Å². The molecule has 1 aliphatic carbocycles. The SMILES string of the molecule is C[C@@H](C1CC1)N(C(=O)C1CCN(C(=O)c2cccs2)CC1)c1cccc(C(F)(F)F)c1. The topological polar surface area (TPSA) is 40.6 Å². The summed E-state index contributed by atoms with van der Waals surface area (Å²) >= 11 is 1.39. The standard InChI is InChI=1S/C23H25F3N2O2S/c1-15(16-7-8-16)28(19-5-2-4-18(14-19)23(24,25)26)21(29)17-9-11-27(12-10-17)22(30)20-6-3-13-31-20/h2-6,13-17H,7-12H2,1H3/t15-/m0/s1. The van der Waals surface area contributed by atoms with E-state index in [4.69, 9.17) is 0 Å². The number of hydrogen-bond donors (Lipinski definition) is 0. The predicted molar refractivity (Wildman–Crippen MR) is 114 cm³/mol. The van der Waals surface area contributed by atoms with Crippen LogP contribution in [0, 0.1) is 11.8 Å². The molecule has 1 aromatic carbocycles. The molecule has 1 saturated carbocycles. The third-order valence-corrected chi connectivity index (χ3v) is 7.12. The van der Waals surface area contributed by atoms with Gasteiger partial charge in [0.15, 0.2) is 0 Å². The van der Waals surface area contributed by atoms with Gasteiger partial charge < -0.3 is 9.80 Å². The largest absolute Gasteiger partial charge is 0.416 e. The van der Waals surface area contributed by atoms with E-state index in [1.807, 2.05) is 18.4 Å². The van der Waals surface area contributed by atoms with Crippen LogP contribution < -0.4 is 4.90 Å². The molecular formula is C23H25F3N2O2S. The van der Waals surface area contributed by atoms with Gasteiger partial charge in [0.25, 0.3) is 5.91 Å². The lowest BCUT2D eigenvalue weighted by atomic mass is 9.93. The zero-order valence-electron chi connectivity index (χ0n) is 17.3. The molecule has 0 unspecified atom stereocenters. The second kappa shape index (κ2) is 8.65. The summed E-state index contributed by atoms with van der Waals surface area (Å²) in [5.74, 6) is -0.147. The van der Waals surface area contributed by atoms with E-state index in [1.165, 1.54) is 17.4 Å². The van der Waals surface area contributed by atoms with E-state index in [0.717, 1.165) is 25.0 Å². The van der Waals surface area contributed by atoms with Crippen molar-refractivity contribution in [2.24, 2.45) is 11.8 Å². The average Bonchev–Trinajstić information content (AvgIpc) is 3.47. The first-order chi connectivity index (χ1) is 14.8. The lowest BCUT2D eigenvalue weighted by Gasteiger charge is -2.37. The summed E-state index contributed by atoms with van der Waals surface area (Å²) in [7, 11) is 0. The Morgan fingerprint density at radius 3 is 2.39 bits per heavy atom. The van der Waals surface area contributed by atoms with Crippen molar-refractivity contribution >= 4 is 28.8 Å². The molecular weight excluding hydrogens is 425 g/mol. The summed E-state index contributed by atoms with van der Waals surface area (Å²) in [5, 5.41) is 1.86. The molecule has 0 radical (unpaired) electrons. The second-order valence-electron chi connectivity index (χ2n) is 8.38. The van der Waals surface area contributed by atoms with Crippen LogP contribution in [0.4, 0.5) is 18.9 Å². The van der Waals surface area contributed by atoms with Crippen LogP contribution >= 0.6 is 11.3 Å². The molecule has 4 rings (SSSR count).